The maximum atomic E-state index is 13.6. The predicted octanol–water partition coefficient (Wildman–Crippen LogP) is 6.17. The number of hydrogen-bond donors (Lipinski definition) is 1. The van der Waals surface area contributed by atoms with Crippen molar-refractivity contribution in [3.63, 3.8) is 0 Å². The lowest BCUT2D eigenvalue weighted by Crippen LogP contribution is -2.13. The largest absolute Gasteiger partial charge is 0.363 e. The van der Waals surface area contributed by atoms with Crippen LogP contribution in [0.25, 0.3) is 28.0 Å². The Bertz CT molecular complexity index is 1460. The minimum Gasteiger partial charge on any atom is -0.363 e. The molecule has 8 heteroatoms. The molecule has 0 aliphatic rings. The molecule has 164 valence electrons. The highest BCUT2D eigenvalue weighted by atomic mass is 79.9. The van der Waals surface area contributed by atoms with Crippen LogP contribution in [0.5, 0.6) is 0 Å². The second-order valence-electron chi connectivity index (χ2n) is 7.71. The van der Waals surface area contributed by atoms with Crippen LogP contribution in [-0.2, 0) is 0 Å². The van der Waals surface area contributed by atoms with Crippen molar-refractivity contribution in [3.8, 4) is 22.5 Å². The van der Waals surface area contributed by atoms with Gasteiger partial charge in [-0.2, -0.15) is 5.10 Å². The predicted molar refractivity (Wildman–Crippen MR) is 133 cm³/mol. The average molecular weight is 503 g/mol. The summed E-state index contributed by atoms with van der Waals surface area (Å²) in [6.45, 7) is 0. The summed E-state index contributed by atoms with van der Waals surface area (Å²) in [4.78, 5) is 11.1. The van der Waals surface area contributed by atoms with Crippen molar-refractivity contribution >= 4 is 38.9 Å². The monoisotopic (exact) mass is 502 g/mol. The van der Waals surface area contributed by atoms with E-state index in [4.69, 9.17) is 10.1 Å². The van der Waals surface area contributed by atoms with E-state index in [1.807, 2.05) is 72.0 Å². The van der Waals surface area contributed by atoms with Crippen molar-refractivity contribution in [2.75, 3.05) is 24.3 Å². The maximum absolute atomic E-state index is 13.6. The molecule has 0 aliphatic carbocycles. The van der Waals surface area contributed by atoms with Crippen molar-refractivity contribution in [2.24, 2.45) is 0 Å². The van der Waals surface area contributed by atoms with Gasteiger partial charge in [-0.3, -0.25) is 0 Å². The van der Waals surface area contributed by atoms with Crippen LogP contribution in [0, 0.1) is 5.82 Å². The van der Waals surface area contributed by atoms with E-state index in [1.165, 1.54) is 12.1 Å². The highest BCUT2D eigenvalue weighted by Gasteiger charge is 2.20. The fourth-order valence-electron chi connectivity index (χ4n) is 3.74. The van der Waals surface area contributed by atoms with Crippen LogP contribution in [0.15, 0.2) is 83.5 Å². The van der Waals surface area contributed by atoms with Gasteiger partial charge in [0.05, 0.1) is 16.8 Å². The van der Waals surface area contributed by atoms with E-state index in [9.17, 15) is 4.39 Å². The minimum atomic E-state index is -0.327. The Labute approximate surface area is 198 Å². The van der Waals surface area contributed by atoms with Gasteiger partial charge in [-0.05, 0) is 48.5 Å². The third-order valence-corrected chi connectivity index (χ3v) is 5.68. The van der Waals surface area contributed by atoms with Crippen LogP contribution in [0.2, 0.25) is 0 Å². The molecule has 0 aliphatic heterocycles. The second-order valence-corrected chi connectivity index (χ2v) is 8.63. The van der Waals surface area contributed by atoms with Gasteiger partial charge in [0.25, 0.3) is 0 Å². The normalized spacial score (nSPS) is 11.0. The molecule has 0 radical (unpaired) electrons. The summed E-state index contributed by atoms with van der Waals surface area (Å²) >= 11 is 3.57. The number of anilines is 3. The number of fused-ring (bicyclic) bond motifs is 1. The quantitative estimate of drug-likeness (QED) is 0.311. The summed E-state index contributed by atoms with van der Waals surface area (Å²) in [6, 6.07) is 22.1. The number of halogens is 2. The van der Waals surface area contributed by atoms with Gasteiger partial charge in [-0.1, -0.05) is 40.2 Å². The molecule has 0 fully saturated rings. The van der Waals surface area contributed by atoms with E-state index >= 15 is 0 Å². The highest BCUT2D eigenvalue weighted by Crippen LogP contribution is 2.36. The van der Waals surface area contributed by atoms with Gasteiger partial charge in [0.1, 0.15) is 17.3 Å². The van der Waals surface area contributed by atoms with Gasteiger partial charge in [0.2, 0.25) is 5.95 Å². The standard InChI is InChI=1S/C25H20BrFN6/c1-32(2)22-11-5-10-21-23(24(31-33(21)22)16-6-3-7-17(26)14-16)20-12-13-28-25(30-20)29-19-9-4-8-18(27)15-19/h3-15H,1-2H3,(H,28,29,30). The maximum Gasteiger partial charge on any atom is 0.227 e. The Hall–Kier alpha value is -3.78. The minimum absolute atomic E-state index is 0.327. The molecule has 3 aromatic heterocycles. The molecule has 0 unspecified atom stereocenters. The van der Waals surface area contributed by atoms with Crippen LogP contribution >= 0.6 is 15.9 Å². The second kappa shape index (κ2) is 8.63. The molecule has 0 amide bonds. The van der Waals surface area contributed by atoms with Crippen molar-refractivity contribution in [1.29, 1.82) is 0 Å². The van der Waals surface area contributed by atoms with Crippen LogP contribution < -0.4 is 10.2 Å². The first-order chi connectivity index (χ1) is 16.0. The van der Waals surface area contributed by atoms with E-state index in [2.05, 4.69) is 26.2 Å². The Morgan fingerprint density at radius 1 is 0.970 bits per heavy atom. The van der Waals surface area contributed by atoms with Gasteiger partial charge in [-0.15, -0.1) is 0 Å². The smallest absolute Gasteiger partial charge is 0.227 e. The topological polar surface area (TPSA) is 58.4 Å². The van der Waals surface area contributed by atoms with Crippen molar-refractivity contribution in [1.82, 2.24) is 19.6 Å². The number of aromatic nitrogens is 4. The van der Waals surface area contributed by atoms with E-state index < -0.39 is 0 Å². The first-order valence-corrected chi connectivity index (χ1v) is 11.1. The zero-order chi connectivity index (χ0) is 22.9. The Morgan fingerprint density at radius 2 is 1.79 bits per heavy atom. The summed E-state index contributed by atoms with van der Waals surface area (Å²) in [7, 11) is 3.97. The highest BCUT2D eigenvalue weighted by molar-refractivity contribution is 9.10. The van der Waals surface area contributed by atoms with E-state index in [-0.39, 0.29) is 5.82 Å². The summed E-state index contributed by atoms with van der Waals surface area (Å²) in [5, 5.41) is 8.06. The molecular weight excluding hydrogens is 483 g/mol. The zero-order valence-corrected chi connectivity index (χ0v) is 19.6. The zero-order valence-electron chi connectivity index (χ0n) is 18.0. The molecule has 0 saturated carbocycles. The first-order valence-electron chi connectivity index (χ1n) is 10.3. The molecule has 3 heterocycles. The number of nitrogens with zero attached hydrogens (tertiary/aromatic N) is 5. The SMILES string of the molecule is CN(C)c1cccc2c(-c3ccnc(Nc4cccc(F)c4)n3)c(-c3cccc(Br)c3)nn12. The molecule has 1 N–H and O–H groups in total. The van der Waals surface area contributed by atoms with Crippen LogP contribution in [0.4, 0.5) is 21.8 Å². The molecule has 0 saturated heterocycles. The molecular formula is C25H20BrFN6. The van der Waals surface area contributed by atoms with E-state index in [0.717, 1.165) is 32.6 Å². The Morgan fingerprint density at radius 3 is 2.58 bits per heavy atom. The molecule has 33 heavy (non-hydrogen) atoms. The third kappa shape index (κ3) is 4.17. The van der Waals surface area contributed by atoms with Crippen molar-refractivity contribution in [3.05, 3.63) is 89.3 Å². The average Bonchev–Trinajstić information content (AvgIpc) is 3.19. The number of pyridine rings is 1. The molecule has 5 aromatic rings. The van der Waals surface area contributed by atoms with Gasteiger partial charge < -0.3 is 10.2 Å². The molecule has 0 spiro atoms. The Balaban J connectivity index is 1.70. The lowest BCUT2D eigenvalue weighted by atomic mass is 10.0. The van der Waals surface area contributed by atoms with Gasteiger partial charge in [-0.25, -0.2) is 18.9 Å². The van der Waals surface area contributed by atoms with Gasteiger partial charge >= 0.3 is 0 Å². The van der Waals surface area contributed by atoms with E-state index in [0.29, 0.717) is 17.3 Å². The van der Waals surface area contributed by atoms with Crippen molar-refractivity contribution in [2.45, 2.75) is 0 Å². The van der Waals surface area contributed by atoms with E-state index in [1.54, 1.807) is 18.3 Å². The summed E-state index contributed by atoms with van der Waals surface area (Å²) in [5.41, 5.74) is 4.87. The van der Waals surface area contributed by atoms with Gasteiger partial charge in [0.15, 0.2) is 0 Å². The van der Waals surface area contributed by atoms with Crippen LogP contribution in [0.3, 0.4) is 0 Å². The fourth-order valence-corrected chi connectivity index (χ4v) is 4.14. The van der Waals surface area contributed by atoms with Gasteiger partial charge in [0, 0.05) is 36.0 Å². The number of hydrogen-bond acceptors (Lipinski definition) is 5. The molecule has 2 aromatic carbocycles. The summed E-state index contributed by atoms with van der Waals surface area (Å²) in [5.74, 6) is 0.996. The van der Waals surface area contributed by atoms with Crippen LogP contribution in [-0.4, -0.2) is 33.7 Å². The molecule has 0 atom stereocenters. The lowest BCUT2D eigenvalue weighted by Gasteiger charge is -2.13. The molecule has 0 bridgehead atoms. The lowest BCUT2D eigenvalue weighted by molar-refractivity contribution is 0.628. The molecule has 6 nitrogen and oxygen atoms in total. The van der Waals surface area contributed by atoms with Crippen LogP contribution in [0.1, 0.15) is 0 Å². The first kappa shape index (κ1) is 21.1. The molecule has 5 rings (SSSR count). The summed E-state index contributed by atoms with van der Waals surface area (Å²) in [6.07, 6.45) is 1.69. The number of rotatable bonds is 5. The van der Waals surface area contributed by atoms with Crippen molar-refractivity contribution < 1.29 is 4.39 Å². The summed E-state index contributed by atoms with van der Waals surface area (Å²) < 4.78 is 16.5. The number of nitrogens with one attached hydrogen (secondary N) is 1. The Kier molecular flexibility index (Phi) is 5.51. The fraction of sp³-hybridized carbons (Fsp3) is 0.0800. The third-order valence-electron chi connectivity index (χ3n) is 5.19. The number of benzene rings is 2.